The van der Waals surface area contributed by atoms with E-state index in [0.717, 1.165) is 42.4 Å². The van der Waals surface area contributed by atoms with Crippen LogP contribution < -0.4 is 10.2 Å². The minimum absolute atomic E-state index is 0.00533. The third kappa shape index (κ3) is 4.69. The van der Waals surface area contributed by atoms with Gasteiger partial charge in [0.1, 0.15) is 5.76 Å². The largest absolute Gasteiger partial charge is 0.469 e. The van der Waals surface area contributed by atoms with E-state index in [-0.39, 0.29) is 12.1 Å². The summed E-state index contributed by atoms with van der Waals surface area (Å²) in [7, 11) is 0. The summed E-state index contributed by atoms with van der Waals surface area (Å²) in [6.07, 6.45) is 3.37. The van der Waals surface area contributed by atoms with Gasteiger partial charge in [-0.15, -0.1) is 0 Å². The van der Waals surface area contributed by atoms with Crippen LogP contribution in [-0.2, 0) is 6.42 Å². The van der Waals surface area contributed by atoms with Gasteiger partial charge in [-0.2, -0.15) is 0 Å². The number of furan rings is 1. The van der Waals surface area contributed by atoms with Crippen molar-refractivity contribution in [2.24, 2.45) is 0 Å². The number of carbonyl (C=O) groups is 1. The monoisotopic (exact) mass is 361 g/mol. The van der Waals surface area contributed by atoms with Crippen LogP contribution in [0.5, 0.6) is 0 Å². The number of anilines is 1. The molecule has 25 heavy (non-hydrogen) atoms. The Morgan fingerprint density at radius 3 is 2.64 bits per heavy atom. The molecule has 1 aromatic carbocycles. The standard InChI is InChI=1S/C19H24ClN3O2/c1-15(8-9-16-5-4-14-25-16)21-19(24)23-12-10-22(11-13-23)18-7-3-2-6-17(18)20/h2-7,14-15H,8-13H2,1H3,(H,21,24)/t15-/m1/s1. The lowest BCUT2D eigenvalue weighted by molar-refractivity contribution is 0.190. The van der Waals surface area contributed by atoms with Crippen molar-refractivity contribution in [3.63, 3.8) is 0 Å². The molecule has 1 atom stereocenters. The Bertz CT molecular complexity index is 682. The molecule has 1 N–H and O–H groups in total. The molecule has 0 bridgehead atoms. The van der Waals surface area contributed by atoms with Crippen LogP contribution in [-0.4, -0.2) is 43.2 Å². The first-order valence-electron chi connectivity index (χ1n) is 8.71. The van der Waals surface area contributed by atoms with Crippen LogP contribution in [0.1, 0.15) is 19.1 Å². The molecule has 0 aliphatic carbocycles. The van der Waals surface area contributed by atoms with Gasteiger partial charge in [0.25, 0.3) is 0 Å². The maximum atomic E-state index is 12.4. The average molecular weight is 362 g/mol. The summed E-state index contributed by atoms with van der Waals surface area (Å²) < 4.78 is 5.33. The van der Waals surface area contributed by atoms with E-state index in [1.54, 1.807) is 6.26 Å². The molecule has 0 radical (unpaired) electrons. The molecule has 0 unspecified atom stereocenters. The molecule has 0 saturated carbocycles. The lowest BCUT2D eigenvalue weighted by Crippen LogP contribution is -2.53. The van der Waals surface area contributed by atoms with Crippen molar-refractivity contribution in [1.82, 2.24) is 10.2 Å². The predicted molar refractivity (Wildman–Crippen MR) is 100 cm³/mol. The van der Waals surface area contributed by atoms with Crippen molar-refractivity contribution in [2.45, 2.75) is 25.8 Å². The lowest BCUT2D eigenvalue weighted by atomic mass is 10.1. The van der Waals surface area contributed by atoms with Gasteiger partial charge in [-0.25, -0.2) is 4.79 Å². The summed E-state index contributed by atoms with van der Waals surface area (Å²) in [6.45, 7) is 5.00. The number of amides is 2. The Kier molecular flexibility index (Phi) is 5.87. The van der Waals surface area contributed by atoms with Crippen molar-refractivity contribution in [2.75, 3.05) is 31.1 Å². The van der Waals surface area contributed by atoms with Crippen molar-refractivity contribution < 1.29 is 9.21 Å². The fourth-order valence-corrected chi connectivity index (χ4v) is 3.30. The first-order chi connectivity index (χ1) is 12.1. The van der Waals surface area contributed by atoms with E-state index in [9.17, 15) is 4.79 Å². The zero-order valence-electron chi connectivity index (χ0n) is 14.5. The van der Waals surface area contributed by atoms with Gasteiger partial charge in [0.05, 0.1) is 17.0 Å². The Morgan fingerprint density at radius 1 is 1.20 bits per heavy atom. The number of nitrogens with zero attached hydrogens (tertiary/aromatic N) is 2. The number of piperazine rings is 1. The van der Waals surface area contributed by atoms with Crippen molar-refractivity contribution in [1.29, 1.82) is 0 Å². The summed E-state index contributed by atoms with van der Waals surface area (Å²) in [6, 6.07) is 11.8. The van der Waals surface area contributed by atoms with Gasteiger partial charge < -0.3 is 19.5 Å². The van der Waals surface area contributed by atoms with Gasteiger partial charge in [0, 0.05) is 38.6 Å². The van der Waals surface area contributed by atoms with Crippen LogP contribution in [0.15, 0.2) is 47.1 Å². The minimum Gasteiger partial charge on any atom is -0.469 e. The third-order valence-electron chi connectivity index (χ3n) is 4.53. The van der Waals surface area contributed by atoms with Gasteiger partial charge in [0.15, 0.2) is 0 Å². The topological polar surface area (TPSA) is 48.7 Å². The second-order valence-electron chi connectivity index (χ2n) is 6.39. The quantitative estimate of drug-likeness (QED) is 0.881. The van der Waals surface area contributed by atoms with E-state index in [1.165, 1.54) is 0 Å². The number of halogens is 1. The zero-order chi connectivity index (χ0) is 17.6. The highest BCUT2D eigenvalue weighted by Gasteiger charge is 2.23. The maximum Gasteiger partial charge on any atom is 0.317 e. The summed E-state index contributed by atoms with van der Waals surface area (Å²) in [5.41, 5.74) is 1.04. The maximum absolute atomic E-state index is 12.4. The number of urea groups is 1. The molecule has 3 rings (SSSR count). The molecular formula is C19H24ClN3O2. The fourth-order valence-electron chi connectivity index (χ4n) is 3.05. The number of carbonyl (C=O) groups excluding carboxylic acids is 1. The molecule has 0 spiro atoms. The number of rotatable bonds is 5. The first-order valence-corrected chi connectivity index (χ1v) is 9.08. The molecule has 2 aromatic rings. The third-order valence-corrected chi connectivity index (χ3v) is 4.85. The number of aryl methyl sites for hydroxylation is 1. The van der Waals surface area contributed by atoms with Crippen LogP contribution >= 0.6 is 11.6 Å². The molecule has 5 nitrogen and oxygen atoms in total. The Morgan fingerprint density at radius 2 is 1.96 bits per heavy atom. The zero-order valence-corrected chi connectivity index (χ0v) is 15.2. The van der Waals surface area contributed by atoms with Crippen LogP contribution in [0, 0.1) is 0 Å². The van der Waals surface area contributed by atoms with Crippen LogP contribution in [0.3, 0.4) is 0 Å². The van der Waals surface area contributed by atoms with E-state index >= 15 is 0 Å². The van der Waals surface area contributed by atoms with E-state index in [4.69, 9.17) is 16.0 Å². The number of hydrogen-bond donors (Lipinski definition) is 1. The number of nitrogens with one attached hydrogen (secondary N) is 1. The molecule has 1 saturated heterocycles. The molecule has 1 aliphatic heterocycles. The van der Waals surface area contributed by atoms with Crippen molar-refractivity contribution >= 4 is 23.3 Å². The number of benzene rings is 1. The van der Waals surface area contributed by atoms with Crippen LogP contribution in [0.2, 0.25) is 5.02 Å². The average Bonchev–Trinajstić information content (AvgIpc) is 3.14. The Labute approximate surface area is 153 Å². The highest BCUT2D eigenvalue weighted by Crippen LogP contribution is 2.26. The van der Waals surface area contributed by atoms with E-state index in [2.05, 4.69) is 10.2 Å². The second kappa shape index (κ2) is 8.30. The Hall–Kier alpha value is -2.14. The first kappa shape index (κ1) is 17.7. The SMILES string of the molecule is C[C@H](CCc1ccco1)NC(=O)N1CCN(c2ccccc2Cl)CC1. The number of hydrogen-bond acceptors (Lipinski definition) is 3. The summed E-state index contributed by atoms with van der Waals surface area (Å²) in [4.78, 5) is 16.5. The molecule has 1 aliphatic rings. The van der Waals surface area contributed by atoms with Gasteiger partial charge in [-0.05, 0) is 37.6 Å². The molecule has 1 aromatic heterocycles. The van der Waals surface area contributed by atoms with Gasteiger partial charge in [-0.3, -0.25) is 0 Å². The number of para-hydroxylation sites is 1. The van der Waals surface area contributed by atoms with Gasteiger partial charge >= 0.3 is 6.03 Å². The van der Waals surface area contributed by atoms with Crippen molar-refractivity contribution in [3.8, 4) is 0 Å². The summed E-state index contributed by atoms with van der Waals surface area (Å²) in [5.74, 6) is 0.953. The van der Waals surface area contributed by atoms with E-state index < -0.39 is 0 Å². The fraction of sp³-hybridized carbons (Fsp3) is 0.421. The molecule has 2 heterocycles. The van der Waals surface area contributed by atoms with Gasteiger partial charge in [-0.1, -0.05) is 23.7 Å². The molecule has 6 heteroatoms. The van der Waals surface area contributed by atoms with E-state index in [0.29, 0.717) is 13.1 Å². The summed E-state index contributed by atoms with van der Waals surface area (Å²) >= 11 is 6.26. The highest BCUT2D eigenvalue weighted by molar-refractivity contribution is 6.33. The summed E-state index contributed by atoms with van der Waals surface area (Å²) in [5, 5.41) is 3.84. The normalized spacial score (nSPS) is 15.9. The lowest BCUT2D eigenvalue weighted by Gasteiger charge is -2.36. The van der Waals surface area contributed by atoms with E-state index in [1.807, 2.05) is 48.2 Å². The Balaban J connectivity index is 1.44. The molecule has 2 amide bonds. The van der Waals surface area contributed by atoms with Crippen LogP contribution in [0.4, 0.5) is 10.5 Å². The molecule has 1 fully saturated rings. The smallest absolute Gasteiger partial charge is 0.317 e. The van der Waals surface area contributed by atoms with Crippen LogP contribution in [0.25, 0.3) is 0 Å². The van der Waals surface area contributed by atoms with Gasteiger partial charge in [0.2, 0.25) is 0 Å². The molecular weight excluding hydrogens is 338 g/mol. The second-order valence-corrected chi connectivity index (χ2v) is 6.80. The minimum atomic E-state index is 0.00533. The highest BCUT2D eigenvalue weighted by atomic mass is 35.5. The van der Waals surface area contributed by atoms with Crippen molar-refractivity contribution in [3.05, 3.63) is 53.4 Å². The predicted octanol–water partition coefficient (Wildman–Crippen LogP) is 3.79. The molecule has 134 valence electrons.